The van der Waals surface area contributed by atoms with Gasteiger partial charge in [-0.2, -0.15) is 5.10 Å². The number of aryl methyl sites for hydroxylation is 1. The monoisotopic (exact) mass is 462 g/mol. The van der Waals surface area contributed by atoms with Gasteiger partial charge < -0.3 is 15.0 Å². The van der Waals surface area contributed by atoms with Crippen LogP contribution in [0.25, 0.3) is 10.9 Å². The molecule has 0 spiro atoms. The molecule has 2 amide bonds. The average Bonchev–Trinajstić information content (AvgIpc) is 2.99. The third-order valence-corrected chi connectivity index (χ3v) is 6.51. The van der Waals surface area contributed by atoms with Gasteiger partial charge in [-0.1, -0.05) is 18.2 Å². The summed E-state index contributed by atoms with van der Waals surface area (Å²) in [6, 6.07) is 4.75. The Bertz CT molecular complexity index is 1100. The summed E-state index contributed by atoms with van der Waals surface area (Å²) in [4.78, 5) is 27.0. The van der Waals surface area contributed by atoms with Gasteiger partial charge in [0, 0.05) is 43.9 Å². The normalized spacial score (nSPS) is 22.9. The summed E-state index contributed by atoms with van der Waals surface area (Å²) in [5, 5.41) is 8.17. The van der Waals surface area contributed by atoms with Crippen LogP contribution in [0.5, 0.6) is 0 Å². The van der Waals surface area contributed by atoms with Crippen molar-refractivity contribution >= 4 is 22.9 Å². The molecule has 1 aromatic heterocycles. The van der Waals surface area contributed by atoms with Crippen LogP contribution in [0.4, 0.5) is 13.6 Å². The number of piperidine rings is 1. The zero-order chi connectivity index (χ0) is 24.5. The second-order valence-corrected chi connectivity index (χ2v) is 10.9. The quantitative estimate of drug-likeness (QED) is 0.741. The lowest BCUT2D eigenvalue weighted by atomic mass is 9.95. The van der Waals surface area contributed by atoms with E-state index in [1.807, 2.05) is 34.6 Å². The molecular weight excluding hydrogens is 430 g/mol. The van der Waals surface area contributed by atoms with Gasteiger partial charge in [0.05, 0.1) is 16.7 Å². The van der Waals surface area contributed by atoms with E-state index < -0.39 is 17.1 Å². The molecule has 1 aromatic carbocycles. The van der Waals surface area contributed by atoms with Crippen LogP contribution in [0, 0.1) is 17.8 Å². The highest BCUT2D eigenvalue weighted by Gasteiger charge is 2.61. The van der Waals surface area contributed by atoms with Crippen molar-refractivity contribution in [1.29, 1.82) is 0 Å². The molecule has 0 bridgehead atoms. The summed E-state index contributed by atoms with van der Waals surface area (Å²) in [7, 11) is 1.63. The van der Waals surface area contributed by atoms with Gasteiger partial charge >= 0.3 is 6.09 Å². The highest BCUT2D eigenvalue weighted by molar-refractivity contribution is 5.88. The van der Waals surface area contributed by atoms with E-state index in [-0.39, 0.29) is 35.3 Å². The summed E-state index contributed by atoms with van der Waals surface area (Å²) >= 11 is 0. The summed E-state index contributed by atoms with van der Waals surface area (Å²) in [6.07, 6.45) is -0.349. The van der Waals surface area contributed by atoms with Crippen LogP contribution in [-0.2, 0) is 28.0 Å². The van der Waals surface area contributed by atoms with Gasteiger partial charge in [0.25, 0.3) is 5.92 Å². The predicted molar refractivity (Wildman–Crippen MR) is 120 cm³/mol. The van der Waals surface area contributed by atoms with Gasteiger partial charge in [0.1, 0.15) is 5.60 Å². The molecule has 7 nitrogen and oxygen atoms in total. The van der Waals surface area contributed by atoms with Crippen LogP contribution in [0.3, 0.4) is 0 Å². The van der Waals surface area contributed by atoms with Gasteiger partial charge in [-0.15, -0.1) is 0 Å². The lowest BCUT2D eigenvalue weighted by Crippen LogP contribution is -2.44. The largest absolute Gasteiger partial charge is 0.444 e. The molecular formula is C24H32F2N4O3. The number of fused-ring (bicyclic) bond motifs is 2. The first-order valence-electron chi connectivity index (χ1n) is 11.2. The van der Waals surface area contributed by atoms with Crippen molar-refractivity contribution in [1.82, 2.24) is 20.0 Å². The molecule has 1 aliphatic heterocycles. The lowest BCUT2D eigenvalue weighted by molar-refractivity contribution is -0.125. The van der Waals surface area contributed by atoms with Crippen LogP contribution < -0.4 is 5.32 Å². The Morgan fingerprint density at radius 1 is 1.09 bits per heavy atom. The topological polar surface area (TPSA) is 76.5 Å². The molecule has 2 aliphatic rings. The molecule has 2 fully saturated rings. The number of carbonyl (C=O) groups is 2. The molecule has 1 saturated carbocycles. The van der Waals surface area contributed by atoms with E-state index in [1.54, 1.807) is 24.1 Å². The number of nitrogens with zero attached hydrogens (tertiary/aromatic N) is 3. The van der Waals surface area contributed by atoms with E-state index in [9.17, 15) is 18.4 Å². The highest BCUT2D eigenvalue weighted by Crippen LogP contribution is 2.52. The molecule has 9 heteroatoms. The van der Waals surface area contributed by atoms with E-state index >= 15 is 0 Å². The maximum atomic E-state index is 14.2. The first kappa shape index (κ1) is 23.4. The summed E-state index contributed by atoms with van der Waals surface area (Å²) in [5.74, 6) is -3.06. The summed E-state index contributed by atoms with van der Waals surface area (Å²) in [5.41, 5.74) is -0.612. The van der Waals surface area contributed by atoms with Crippen molar-refractivity contribution in [3.8, 4) is 0 Å². The van der Waals surface area contributed by atoms with E-state index in [2.05, 4.69) is 10.4 Å². The second-order valence-electron chi connectivity index (χ2n) is 10.9. The van der Waals surface area contributed by atoms with Gasteiger partial charge in [0.2, 0.25) is 5.91 Å². The molecule has 2 heterocycles. The SMILES string of the molecule is Cn1nc(C(C)(C)NC(=O)C2C3CN(C(=O)OC(C)(C)C)CC32)c2cccc(C(C)(F)F)c21. The minimum atomic E-state index is -3.01. The molecule has 2 atom stereocenters. The molecule has 180 valence electrons. The van der Waals surface area contributed by atoms with Gasteiger partial charge in [-0.25, -0.2) is 13.6 Å². The molecule has 33 heavy (non-hydrogen) atoms. The van der Waals surface area contributed by atoms with Crippen molar-refractivity contribution < 1.29 is 23.1 Å². The minimum Gasteiger partial charge on any atom is -0.444 e. The van der Waals surface area contributed by atoms with Crippen molar-refractivity contribution in [2.75, 3.05) is 13.1 Å². The van der Waals surface area contributed by atoms with Crippen LogP contribution in [0.15, 0.2) is 18.2 Å². The van der Waals surface area contributed by atoms with Gasteiger partial charge in [-0.05, 0) is 46.5 Å². The Hall–Kier alpha value is -2.71. The van der Waals surface area contributed by atoms with E-state index in [4.69, 9.17) is 4.74 Å². The Labute approximate surface area is 192 Å². The first-order valence-corrected chi connectivity index (χ1v) is 11.2. The first-order chi connectivity index (χ1) is 15.1. The third kappa shape index (κ3) is 4.29. The van der Waals surface area contributed by atoms with Gasteiger partial charge in [0.15, 0.2) is 0 Å². The number of benzene rings is 1. The zero-order valence-electron chi connectivity index (χ0n) is 20.2. The number of ether oxygens (including phenoxy) is 1. The number of hydrogen-bond acceptors (Lipinski definition) is 4. The smallest absolute Gasteiger partial charge is 0.410 e. The average molecular weight is 463 g/mol. The van der Waals surface area contributed by atoms with Crippen molar-refractivity contribution in [2.45, 2.75) is 58.6 Å². The fraction of sp³-hybridized carbons (Fsp3) is 0.625. The Morgan fingerprint density at radius 3 is 2.24 bits per heavy atom. The lowest BCUT2D eigenvalue weighted by Gasteiger charge is -2.27. The van der Waals surface area contributed by atoms with Crippen molar-refractivity contribution in [3.63, 3.8) is 0 Å². The predicted octanol–water partition coefficient (Wildman–Crippen LogP) is 4.15. The van der Waals surface area contributed by atoms with Crippen LogP contribution >= 0.6 is 0 Å². The van der Waals surface area contributed by atoms with Crippen LogP contribution in [0.2, 0.25) is 0 Å². The van der Waals surface area contributed by atoms with Crippen molar-refractivity contribution in [3.05, 3.63) is 29.5 Å². The van der Waals surface area contributed by atoms with Crippen LogP contribution in [-0.4, -0.2) is 45.4 Å². The molecule has 2 unspecified atom stereocenters. The van der Waals surface area contributed by atoms with E-state index in [0.717, 1.165) is 6.92 Å². The number of aromatic nitrogens is 2. The third-order valence-electron chi connectivity index (χ3n) is 6.51. The van der Waals surface area contributed by atoms with Gasteiger partial charge in [-0.3, -0.25) is 9.48 Å². The Morgan fingerprint density at radius 2 is 1.70 bits per heavy atom. The maximum Gasteiger partial charge on any atom is 0.410 e. The summed E-state index contributed by atoms with van der Waals surface area (Å²) < 4.78 is 35.2. The number of carbonyl (C=O) groups excluding carboxylic acids is 2. The number of amides is 2. The Kier molecular flexibility index (Phi) is 5.26. The molecule has 4 rings (SSSR count). The standard InChI is InChI=1S/C24H32F2N4O3/c1-22(2,3)33-21(32)30-11-14-15(12-30)17(14)20(31)27-23(4,5)19-13-9-8-10-16(24(6,25)26)18(13)29(7)28-19/h8-10,14-15,17H,11-12H2,1-7H3,(H,27,31). The van der Waals surface area contributed by atoms with E-state index in [1.165, 1.54) is 10.7 Å². The van der Waals surface area contributed by atoms with E-state index in [0.29, 0.717) is 29.7 Å². The highest BCUT2D eigenvalue weighted by atomic mass is 19.3. The number of para-hydroxylation sites is 1. The molecule has 1 N–H and O–H groups in total. The number of hydrogen-bond donors (Lipinski definition) is 1. The number of nitrogens with one attached hydrogen (secondary N) is 1. The fourth-order valence-corrected chi connectivity index (χ4v) is 4.99. The van der Waals surface area contributed by atoms with Crippen LogP contribution in [0.1, 0.15) is 52.8 Å². The second kappa shape index (κ2) is 7.40. The molecule has 2 aromatic rings. The Balaban J connectivity index is 1.47. The summed E-state index contributed by atoms with van der Waals surface area (Å²) in [6.45, 7) is 11.0. The minimum absolute atomic E-state index is 0.0951. The number of halogens is 2. The number of alkyl halides is 2. The fourth-order valence-electron chi connectivity index (χ4n) is 4.99. The number of likely N-dealkylation sites (tertiary alicyclic amines) is 1. The molecule has 0 radical (unpaired) electrons. The maximum absolute atomic E-state index is 14.2. The molecule has 1 aliphatic carbocycles. The zero-order valence-corrected chi connectivity index (χ0v) is 20.2. The van der Waals surface area contributed by atoms with Crippen molar-refractivity contribution in [2.24, 2.45) is 24.8 Å². The number of rotatable bonds is 4. The molecule has 1 saturated heterocycles.